The molecule has 5 heteroatoms. The Morgan fingerprint density at radius 2 is 2.04 bits per heavy atom. The molecule has 2 heterocycles. The van der Waals surface area contributed by atoms with Crippen LogP contribution in [0.2, 0.25) is 0 Å². The van der Waals surface area contributed by atoms with E-state index in [0.717, 1.165) is 31.2 Å². The van der Waals surface area contributed by atoms with Gasteiger partial charge in [-0.1, -0.05) is 12.8 Å². The van der Waals surface area contributed by atoms with Gasteiger partial charge >= 0.3 is 5.97 Å². The summed E-state index contributed by atoms with van der Waals surface area (Å²) in [6.45, 7) is 1.07. The number of pyridine rings is 1. The summed E-state index contributed by atoms with van der Waals surface area (Å²) in [7, 11) is 0. The second-order valence-corrected chi connectivity index (χ2v) is 7.01. The SMILES string of the molecule is O=C(CCc1ccncc1)N1CCC[C@](CC2CC2)(C(=O)O)C1. The second kappa shape index (κ2) is 6.69. The molecular formula is C18H24N2O3. The standard InChI is InChI=1S/C18H24N2O3/c21-16(5-4-14-6-9-19-10-7-14)20-11-1-8-18(13-20,17(22)23)12-15-2-3-15/h6-7,9-10,15H,1-5,8,11-13H2,(H,22,23)/t18-/m1/s1. The first kappa shape index (κ1) is 16.0. The molecule has 1 atom stereocenters. The van der Waals surface area contributed by atoms with E-state index in [1.165, 1.54) is 0 Å². The summed E-state index contributed by atoms with van der Waals surface area (Å²) in [4.78, 5) is 30.1. The van der Waals surface area contributed by atoms with Crippen molar-refractivity contribution < 1.29 is 14.7 Å². The number of hydrogen-bond acceptors (Lipinski definition) is 3. The zero-order valence-corrected chi connectivity index (χ0v) is 13.4. The molecule has 1 amide bonds. The van der Waals surface area contributed by atoms with Crippen LogP contribution in [0.3, 0.4) is 0 Å². The number of carbonyl (C=O) groups excluding carboxylic acids is 1. The predicted molar refractivity (Wildman–Crippen MR) is 85.8 cm³/mol. The summed E-state index contributed by atoms with van der Waals surface area (Å²) in [6.07, 6.45) is 9.08. The van der Waals surface area contributed by atoms with E-state index in [4.69, 9.17) is 0 Å². The Hall–Kier alpha value is -1.91. The number of piperidine rings is 1. The lowest BCUT2D eigenvalue weighted by Gasteiger charge is -2.40. The number of rotatable bonds is 6. The van der Waals surface area contributed by atoms with Crippen molar-refractivity contribution in [3.05, 3.63) is 30.1 Å². The van der Waals surface area contributed by atoms with Crippen molar-refractivity contribution in [3.63, 3.8) is 0 Å². The molecule has 3 rings (SSSR count). The molecule has 0 radical (unpaired) electrons. The summed E-state index contributed by atoms with van der Waals surface area (Å²) in [5.74, 6) is -0.100. The lowest BCUT2D eigenvalue weighted by molar-refractivity contribution is -0.156. The predicted octanol–water partition coefficient (Wildman–Crippen LogP) is 2.51. The van der Waals surface area contributed by atoms with E-state index in [2.05, 4.69) is 4.98 Å². The molecule has 2 aliphatic rings. The third-order valence-electron chi connectivity index (χ3n) is 5.14. The van der Waals surface area contributed by atoms with Gasteiger partial charge in [0.15, 0.2) is 0 Å². The molecule has 1 saturated carbocycles. The molecule has 1 aromatic heterocycles. The van der Waals surface area contributed by atoms with Gasteiger partial charge in [-0.3, -0.25) is 14.6 Å². The highest BCUT2D eigenvalue weighted by Crippen LogP contribution is 2.45. The molecule has 23 heavy (non-hydrogen) atoms. The maximum absolute atomic E-state index is 12.5. The number of carboxylic acids is 1. The fourth-order valence-corrected chi connectivity index (χ4v) is 3.61. The quantitative estimate of drug-likeness (QED) is 0.875. The van der Waals surface area contributed by atoms with Crippen molar-refractivity contribution in [2.45, 2.75) is 44.9 Å². The summed E-state index contributed by atoms with van der Waals surface area (Å²) < 4.78 is 0. The van der Waals surface area contributed by atoms with Gasteiger partial charge in [0.2, 0.25) is 5.91 Å². The van der Waals surface area contributed by atoms with E-state index in [-0.39, 0.29) is 5.91 Å². The Morgan fingerprint density at radius 1 is 1.30 bits per heavy atom. The topological polar surface area (TPSA) is 70.5 Å². The molecule has 2 fully saturated rings. The van der Waals surface area contributed by atoms with Gasteiger partial charge < -0.3 is 10.0 Å². The number of aliphatic carboxylic acids is 1. The van der Waals surface area contributed by atoms with Crippen molar-refractivity contribution in [3.8, 4) is 0 Å². The van der Waals surface area contributed by atoms with Gasteiger partial charge in [0.1, 0.15) is 0 Å². The van der Waals surface area contributed by atoms with E-state index in [9.17, 15) is 14.7 Å². The van der Waals surface area contributed by atoms with Gasteiger partial charge in [0, 0.05) is 31.9 Å². The van der Waals surface area contributed by atoms with Crippen LogP contribution < -0.4 is 0 Å². The molecule has 5 nitrogen and oxygen atoms in total. The molecule has 1 aliphatic heterocycles. The first-order chi connectivity index (χ1) is 11.1. The van der Waals surface area contributed by atoms with Crippen molar-refractivity contribution in [1.82, 2.24) is 9.88 Å². The number of amides is 1. The lowest BCUT2D eigenvalue weighted by Crippen LogP contribution is -2.50. The smallest absolute Gasteiger partial charge is 0.311 e. The van der Waals surface area contributed by atoms with E-state index in [1.807, 2.05) is 12.1 Å². The molecule has 0 spiro atoms. The summed E-state index contributed by atoms with van der Waals surface area (Å²) in [5, 5.41) is 9.73. The fourth-order valence-electron chi connectivity index (χ4n) is 3.61. The van der Waals surface area contributed by atoms with E-state index in [1.54, 1.807) is 17.3 Å². The van der Waals surface area contributed by atoms with E-state index >= 15 is 0 Å². The van der Waals surface area contributed by atoms with Crippen LogP contribution in [0.1, 0.15) is 44.1 Å². The zero-order chi connectivity index (χ0) is 16.3. The minimum absolute atomic E-state index is 0.0722. The van der Waals surface area contributed by atoms with E-state index < -0.39 is 11.4 Å². The molecule has 0 aromatic carbocycles. The van der Waals surface area contributed by atoms with Gasteiger partial charge in [0.05, 0.1) is 5.41 Å². The Labute approximate surface area is 136 Å². The first-order valence-corrected chi connectivity index (χ1v) is 8.49. The fraction of sp³-hybridized carbons (Fsp3) is 0.611. The van der Waals surface area contributed by atoms with Crippen LogP contribution in [0.4, 0.5) is 0 Å². The first-order valence-electron chi connectivity index (χ1n) is 8.49. The van der Waals surface area contributed by atoms with Crippen LogP contribution >= 0.6 is 0 Å². The number of aromatic nitrogens is 1. The molecule has 124 valence electrons. The normalized spacial score (nSPS) is 24.4. The monoisotopic (exact) mass is 316 g/mol. The van der Waals surface area contributed by atoms with Crippen molar-refractivity contribution in [1.29, 1.82) is 0 Å². The number of carbonyl (C=O) groups is 2. The highest BCUT2D eigenvalue weighted by Gasteiger charge is 2.46. The number of aryl methyl sites for hydroxylation is 1. The van der Waals surface area contributed by atoms with Gasteiger partial charge in [-0.25, -0.2) is 0 Å². The minimum Gasteiger partial charge on any atom is -0.481 e. The Kier molecular flexibility index (Phi) is 4.64. The van der Waals surface area contributed by atoms with Crippen molar-refractivity contribution >= 4 is 11.9 Å². The minimum atomic E-state index is -0.726. The van der Waals surface area contributed by atoms with Crippen LogP contribution in [-0.2, 0) is 16.0 Å². The average Bonchev–Trinajstić information content (AvgIpc) is 3.37. The van der Waals surface area contributed by atoms with Gasteiger partial charge in [-0.05, 0) is 49.3 Å². The van der Waals surface area contributed by atoms with Crippen molar-refractivity contribution in [2.24, 2.45) is 11.3 Å². The molecular weight excluding hydrogens is 292 g/mol. The molecule has 1 N–H and O–H groups in total. The number of hydrogen-bond donors (Lipinski definition) is 1. The molecule has 0 unspecified atom stereocenters. The molecule has 0 bridgehead atoms. The molecule has 1 saturated heterocycles. The van der Waals surface area contributed by atoms with Gasteiger partial charge in [0.25, 0.3) is 0 Å². The third kappa shape index (κ3) is 3.89. The second-order valence-electron chi connectivity index (χ2n) is 7.01. The Balaban J connectivity index is 1.60. The van der Waals surface area contributed by atoms with Crippen LogP contribution in [0.15, 0.2) is 24.5 Å². The lowest BCUT2D eigenvalue weighted by atomic mass is 9.75. The highest BCUT2D eigenvalue weighted by molar-refractivity contribution is 5.80. The van der Waals surface area contributed by atoms with Crippen LogP contribution in [-0.4, -0.2) is 40.0 Å². The van der Waals surface area contributed by atoms with Crippen LogP contribution in [0, 0.1) is 11.3 Å². The largest absolute Gasteiger partial charge is 0.481 e. The van der Waals surface area contributed by atoms with Crippen molar-refractivity contribution in [2.75, 3.05) is 13.1 Å². The van der Waals surface area contributed by atoms with E-state index in [0.29, 0.717) is 38.3 Å². The maximum atomic E-state index is 12.5. The third-order valence-corrected chi connectivity index (χ3v) is 5.14. The Bertz CT molecular complexity index is 571. The number of nitrogens with zero attached hydrogens (tertiary/aromatic N) is 2. The highest BCUT2D eigenvalue weighted by atomic mass is 16.4. The zero-order valence-electron chi connectivity index (χ0n) is 13.4. The number of carboxylic acid groups (broad SMARTS) is 1. The van der Waals surface area contributed by atoms with Crippen LogP contribution in [0.5, 0.6) is 0 Å². The summed E-state index contributed by atoms with van der Waals surface area (Å²) >= 11 is 0. The average molecular weight is 316 g/mol. The Morgan fingerprint density at radius 3 is 2.70 bits per heavy atom. The van der Waals surface area contributed by atoms with Gasteiger partial charge in [-0.15, -0.1) is 0 Å². The number of likely N-dealkylation sites (tertiary alicyclic amines) is 1. The molecule has 1 aliphatic carbocycles. The summed E-state index contributed by atoms with van der Waals surface area (Å²) in [5.41, 5.74) is 0.374. The van der Waals surface area contributed by atoms with Gasteiger partial charge in [-0.2, -0.15) is 0 Å². The summed E-state index contributed by atoms with van der Waals surface area (Å²) in [6, 6.07) is 3.83. The van der Waals surface area contributed by atoms with Crippen LogP contribution in [0.25, 0.3) is 0 Å². The molecule has 1 aromatic rings. The maximum Gasteiger partial charge on any atom is 0.311 e.